The Bertz CT molecular complexity index is 2140. The summed E-state index contributed by atoms with van der Waals surface area (Å²) in [7, 11) is 1.32. The lowest BCUT2D eigenvalue weighted by Crippen LogP contribution is -2.38. The molecule has 6 rings (SSSR count). The van der Waals surface area contributed by atoms with Crippen LogP contribution in [0.1, 0.15) is 47.4 Å². The number of H-pyrrole nitrogens is 1. The first kappa shape index (κ1) is 28.8. The Kier molecular flexibility index (Phi) is 6.63. The van der Waals surface area contributed by atoms with Crippen LogP contribution in [0.2, 0.25) is 5.02 Å². The molecule has 1 aliphatic rings. The summed E-state index contributed by atoms with van der Waals surface area (Å²) < 4.78 is 30.7. The fourth-order valence-electron chi connectivity index (χ4n) is 6.51. The molecule has 3 aromatic carbocycles. The minimum absolute atomic E-state index is 0.0141. The van der Waals surface area contributed by atoms with Crippen molar-refractivity contribution in [1.82, 2.24) is 14.1 Å². The molecule has 43 heavy (non-hydrogen) atoms. The molecule has 0 bridgehead atoms. The summed E-state index contributed by atoms with van der Waals surface area (Å²) in [5, 5.41) is 11.4. The van der Waals surface area contributed by atoms with E-state index >= 15 is 0 Å². The molecular weight excluding hydrogens is 578 g/mol. The van der Waals surface area contributed by atoms with Gasteiger partial charge in [-0.05, 0) is 80.8 Å². The van der Waals surface area contributed by atoms with Gasteiger partial charge in [0.25, 0.3) is 11.5 Å². The van der Waals surface area contributed by atoms with Gasteiger partial charge in [-0.3, -0.25) is 14.2 Å². The first-order valence-electron chi connectivity index (χ1n) is 13.8. The minimum atomic E-state index is -1.02. The Labute approximate surface area is 249 Å². The number of aromatic nitrogens is 3. The Morgan fingerprint density at radius 1 is 1.19 bits per heavy atom. The molecular formula is C32H29ClF2N4O4. The van der Waals surface area contributed by atoms with E-state index in [4.69, 9.17) is 17.3 Å². The van der Waals surface area contributed by atoms with Gasteiger partial charge in [0.2, 0.25) is 0 Å². The largest absolute Gasteiger partial charge is 0.390 e. The second-order valence-corrected chi connectivity index (χ2v) is 12.2. The standard InChI is InChI=1S/C32H29ClF2N4O4/c1-14-17(6-5-7-24(14)39-30(41)20-11-16(34)12-22(35)28(20)38(4)31(39)42)25-21(33)13-19(29(36)40)27-26(25)18-9-8-15(32(2,3)43)10-23(18)37-27/h5-7,11-13,15,37,43H,8-10H2,1-4H3,(H2,36,40)/t15-/m0/s1. The second kappa shape index (κ2) is 9.89. The van der Waals surface area contributed by atoms with Crippen molar-refractivity contribution >= 4 is 39.3 Å². The number of hydrogen-bond acceptors (Lipinski definition) is 4. The maximum atomic E-state index is 14.6. The third kappa shape index (κ3) is 4.39. The molecule has 0 saturated heterocycles. The van der Waals surface area contributed by atoms with Crippen molar-refractivity contribution < 1.29 is 18.7 Å². The van der Waals surface area contributed by atoms with Crippen molar-refractivity contribution in [2.24, 2.45) is 18.7 Å². The van der Waals surface area contributed by atoms with Gasteiger partial charge in [-0.2, -0.15) is 0 Å². The maximum absolute atomic E-state index is 14.6. The molecule has 11 heteroatoms. The maximum Gasteiger partial charge on any atom is 0.335 e. The van der Waals surface area contributed by atoms with Crippen LogP contribution in [0.25, 0.3) is 38.6 Å². The molecule has 0 saturated carbocycles. The summed E-state index contributed by atoms with van der Waals surface area (Å²) in [6.45, 7) is 5.28. The number of benzene rings is 3. The highest BCUT2D eigenvalue weighted by molar-refractivity contribution is 6.36. The van der Waals surface area contributed by atoms with Gasteiger partial charge in [0, 0.05) is 34.8 Å². The van der Waals surface area contributed by atoms with Gasteiger partial charge in [0.05, 0.1) is 33.3 Å². The van der Waals surface area contributed by atoms with Crippen LogP contribution in [0.5, 0.6) is 0 Å². The molecule has 8 nitrogen and oxygen atoms in total. The van der Waals surface area contributed by atoms with Crippen molar-refractivity contribution in [2.45, 2.75) is 45.6 Å². The Balaban J connectivity index is 1.65. The summed E-state index contributed by atoms with van der Waals surface area (Å²) in [5.41, 5.74) is 7.33. The molecule has 0 fully saturated rings. The first-order valence-corrected chi connectivity index (χ1v) is 14.2. The first-order chi connectivity index (χ1) is 20.2. The minimum Gasteiger partial charge on any atom is -0.390 e. The molecule has 1 aliphatic carbocycles. The highest BCUT2D eigenvalue weighted by Crippen LogP contribution is 2.45. The van der Waals surface area contributed by atoms with Crippen LogP contribution in [0.4, 0.5) is 8.78 Å². The smallest absolute Gasteiger partial charge is 0.335 e. The predicted octanol–water partition coefficient (Wildman–Crippen LogP) is 5.05. The molecule has 222 valence electrons. The Hall–Kier alpha value is -4.28. The van der Waals surface area contributed by atoms with Gasteiger partial charge in [0.15, 0.2) is 5.82 Å². The van der Waals surface area contributed by atoms with Crippen LogP contribution in [-0.2, 0) is 19.9 Å². The summed E-state index contributed by atoms with van der Waals surface area (Å²) in [4.78, 5) is 42.9. The van der Waals surface area contributed by atoms with Gasteiger partial charge < -0.3 is 15.8 Å². The van der Waals surface area contributed by atoms with Gasteiger partial charge in [0.1, 0.15) is 5.82 Å². The molecule has 4 N–H and O–H groups in total. The van der Waals surface area contributed by atoms with Crippen LogP contribution in [0.3, 0.4) is 0 Å². The summed E-state index contributed by atoms with van der Waals surface area (Å²) in [6, 6.07) is 8.06. The number of hydrogen-bond donors (Lipinski definition) is 3. The van der Waals surface area contributed by atoms with Crippen LogP contribution >= 0.6 is 11.6 Å². The molecule has 2 heterocycles. The zero-order valence-electron chi connectivity index (χ0n) is 23.9. The lowest BCUT2D eigenvalue weighted by atomic mass is 9.77. The number of primary amides is 1. The second-order valence-electron chi connectivity index (χ2n) is 11.8. The van der Waals surface area contributed by atoms with Gasteiger partial charge in [-0.25, -0.2) is 18.1 Å². The molecule has 0 spiro atoms. The van der Waals surface area contributed by atoms with E-state index < -0.39 is 34.4 Å². The quantitative estimate of drug-likeness (QED) is 0.265. The lowest BCUT2D eigenvalue weighted by molar-refractivity contribution is 0.0107. The topological polar surface area (TPSA) is 123 Å². The highest BCUT2D eigenvalue weighted by atomic mass is 35.5. The van der Waals surface area contributed by atoms with Crippen molar-refractivity contribution in [3.8, 4) is 16.8 Å². The average molecular weight is 607 g/mol. The third-order valence-electron chi connectivity index (χ3n) is 8.77. The number of nitrogens with zero attached hydrogens (tertiary/aromatic N) is 2. The zero-order chi connectivity index (χ0) is 31.1. The number of amides is 1. The number of carbonyl (C=O) groups excluding carboxylic acids is 1. The number of halogens is 3. The number of carbonyl (C=O) groups is 1. The summed E-state index contributed by atoms with van der Waals surface area (Å²) in [5.74, 6) is -2.63. The van der Waals surface area contributed by atoms with Crippen molar-refractivity contribution in [1.29, 1.82) is 0 Å². The third-order valence-corrected chi connectivity index (χ3v) is 9.07. The van der Waals surface area contributed by atoms with E-state index in [1.165, 1.54) is 13.1 Å². The predicted molar refractivity (Wildman–Crippen MR) is 162 cm³/mol. The summed E-state index contributed by atoms with van der Waals surface area (Å²) >= 11 is 6.88. The van der Waals surface area contributed by atoms with Crippen molar-refractivity contribution in [3.05, 3.63) is 96.3 Å². The van der Waals surface area contributed by atoms with Crippen molar-refractivity contribution in [2.75, 3.05) is 0 Å². The fourth-order valence-corrected chi connectivity index (χ4v) is 6.81. The number of nitrogens with one attached hydrogen (secondary N) is 1. The van der Waals surface area contributed by atoms with E-state index in [1.54, 1.807) is 39.0 Å². The molecule has 1 amide bonds. The van der Waals surface area contributed by atoms with Gasteiger partial charge in [-0.1, -0.05) is 23.7 Å². The molecule has 2 aromatic heterocycles. The van der Waals surface area contributed by atoms with Gasteiger partial charge >= 0.3 is 5.69 Å². The molecule has 5 aromatic rings. The fraction of sp³-hybridized carbons (Fsp3) is 0.281. The number of rotatable bonds is 4. The highest BCUT2D eigenvalue weighted by Gasteiger charge is 2.34. The summed E-state index contributed by atoms with van der Waals surface area (Å²) in [6.07, 6.45) is 1.86. The van der Waals surface area contributed by atoms with E-state index in [1.807, 2.05) is 0 Å². The van der Waals surface area contributed by atoms with Crippen LogP contribution in [0, 0.1) is 24.5 Å². The van der Waals surface area contributed by atoms with E-state index in [0.29, 0.717) is 52.9 Å². The van der Waals surface area contributed by atoms with E-state index in [-0.39, 0.29) is 33.1 Å². The molecule has 1 atom stereocenters. The number of aryl methyl sites for hydroxylation is 2. The Morgan fingerprint density at radius 2 is 1.91 bits per heavy atom. The average Bonchev–Trinajstić information content (AvgIpc) is 3.30. The van der Waals surface area contributed by atoms with Crippen LogP contribution < -0.4 is 17.0 Å². The number of nitrogens with two attached hydrogens (primary N) is 1. The molecule has 0 aliphatic heterocycles. The van der Waals surface area contributed by atoms with E-state index in [2.05, 4.69) is 4.98 Å². The number of aromatic amines is 1. The Morgan fingerprint density at radius 3 is 2.58 bits per heavy atom. The van der Waals surface area contributed by atoms with Crippen LogP contribution in [-0.4, -0.2) is 30.7 Å². The normalized spacial score (nSPS) is 15.3. The molecule has 0 radical (unpaired) electrons. The van der Waals surface area contributed by atoms with E-state index in [9.17, 15) is 28.3 Å². The van der Waals surface area contributed by atoms with E-state index in [0.717, 1.165) is 26.5 Å². The SMILES string of the molecule is Cc1c(-c2c(Cl)cc(C(N)=O)c3[nH]c4c(c23)CC[C@H](C(C)(C)O)C4)cccc1-n1c(=O)c2cc(F)cc(F)c2n(C)c1=O. The van der Waals surface area contributed by atoms with Crippen LogP contribution in [0.15, 0.2) is 46.0 Å². The van der Waals surface area contributed by atoms with Crippen molar-refractivity contribution in [3.63, 3.8) is 0 Å². The number of fused-ring (bicyclic) bond motifs is 4. The zero-order valence-corrected chi connectivity index (χ0v) is 24.7. The number of aliphatic hydroxyl groups is 1. The van der Waals surface area contributed by atoms with Gasteiger partial charge in [-0.15, -0.1) is 0 Å². The monoisotopic (exact) mass is 606 g/mol. The lowest BCUT2D eigenvalue weighted by Gasteiger charge is -2.32. The molecule has 0 unspecified atom stereocenters.